The van der Waals surface area contributed by atoms with E-state index in [0.717, 1.165) is 37.2 Å². The van der Waals surface area contributed by atoms with E-state index in [1.54, 1.807) is 23.6 Å². The molecule has 0 unspecified atom stereocenters. The Bertz CT molecular complexity index is 724. The van der Waals surface area contributed by atoms with Gasteiger partial charge in [-0.15, -0.1) is 11.7 Å². The van der Waals surface area contributed by atoms with Crippen molar-refractivity contribution in [3.05, 3.63) is 47.9 Å². The largest absolute Gasteiger partial charge is 0.467 e. The standard InChI is InChI=1S/C18H22N4O3S/c1-2-10-22(18(24)14-12-26-21-20-14)16(15-9-6-11-25-15)17(23)19-13-7-4-3-5-8-13/h2,6,9,11-13,16H,1,3-5,7-8,10H2,(H,19,23)/t16-/m1/s1. The summed E-state index contributed by atoms with van der Waals surface area (Å²) in [5.41, 5.74) is 0.207. The van der Waals surface area contributed by atoms with E-state index in [9.17, 15) is 9.59 Å². The molecule has 138 valence electrons. The van der Waals surface area contributed by atoms with Crippen LogP contribution in [0.15, 0.2) is 40.8 Å². The van der Waals surface area contributed by atoms with Crippen LogP contribution in [0.3, 0.4) is 0 Å². The molecule has 3 rings (SSSR count). The van der Waals surface area contributed by atoms with Crippen LogP contribution in [-0.4, -0.2) is 38.9 Å². The number of furan rings is 1. The Hall–Kier alpha value is -2.48. The van der Waals surface area contributed by atoms with Gasteiger partial charge < -0.3 is 14.6 Å². The number of carbonyl (C=O) groups excluding carboxylic acids is 2. The van der Waals surface area contributed by atoms with E-state index < -0.39 is 6.04 Å². The molecule has 1 N–H and O–H groups in total. The molecule has 1 atom stereocenters. The van der Waals surface area contributed by atoms with Gasteiger partial charge >= 0.3 is 0 Å². The lowest BCUT2D eigenvalue weighted by Gasteiger charge is -2.30. The number of amides is 2. The second kappa shape index (κ2) is 8.75. The predicted molar refractivity (Wildman–Crippen MR) is 97.6 cm³/mol. The molecule has 1 fully saturated rings. The normalized spacial score (nSPS) is 16.0. The van der Waals surface area contributed by atoms with Crippen molar-refractivity contribution in [1.29, 1.82) is 0 Å². The highest BCUT2D eigenvalue weighted by atomic mass is 32.1. The van der Waals surface area contributed by atoms with E-state index in [1.165, 1.54) is 17.6 Å². The van der Waals surface area contributed by atoms with E-state index in [2.05, 4.69) is 21.5 Å². The van der Waals surface area contributed by atoms with Crippen molar-refractivity contribution in [2.24, 2.45) is 0 Å². The van der Waals surface area contributed by atoms with Gasteiger partial charge in [-0.2, -0.15) is 0 Å². The second-order valence-electron chi connectivity index (χ2n) is 6.30. The van der Waals surface area contributed by atoms with Crippen LogP contribution in [0.4, 0.5) is 0 Å². The lowest BCUT2D eigenvalue weighted by molar-refractivity contribution is -0.127. The molecule has 0 bridgehead atoms. The summed E-state index contributed by atoms with van der Waals surface area (Å²) < 4.78 is 9.22. The van der Waals surface area contributed by atoms with E-state index >= 15 is 0 Å². The molecule has 2 heterocycles. The minimum Gasteiger partial charge on any atom is -0.467 e. The second-order valence-corrected chi connectivity index (χ2v) is 6.91. The molecular formula is C18H22N4O3S. The van der Waals surface area contributed by atoms with Crippen LogP contribution in [0, 0.1) is 0 Å². The third kappa shape index (κ3) is 4.19. The number of hydrogen-bond donors (Lipinski definition) is 1. The fraction of sp³-hybridized carbons (Fsp3) is 0.444. The summed E-state index contributed by atoms with van der Waals surface area (Å²) in [5.74, 6) is -0.208. The van der Waals surface area contributed by atoms with Crippen LogP contribution < -0.4 is 5.32 Å². The van der Waals surface area contributed by atoms with Crippen molar-refractivity contribution in [3.8, 4) is 0 Å². The molecule has 2 amide bonds. The maximum atomic E-state index is 13.1. The Morgan fingerprint density at radius 2 is 2.23 bits per heavy atom. The number of aromatic nitrogens is 2. The smallest absolute Gasteiger partial charge is 0.276 e. The third-order valence-corrected chi connectivity index (χ3v) is 4.99. The molecule has 0 spiro atoms. The van der Waals surface area contributed by atoms with E-state index in [-0.39, 0.29) is 30.1 Å². The molecule has 0 radical (unpaired) electrons. The van der Waals surface area contributed by atoms with E-state index in [4.69, 9.17) is 4.42 Å². The summed E-state index contributed by atoms with van der Waals surface area (Å²) in [4.78, 5) is 27.4. The van der Waals surface area contributed by atoms with Gasteiger partial charge in [-0.05, 0) is 36.5 Å². The lowest BCUT2D eigenvalue weighted by Crippen LogP contribution is -2.47. The first-order chi connectivity index (χ1) is 12.7. The fourth-order valence-corrected chi connectivity index (χ4v) is 3.68. The van der Waals surface area contributed by atoms with Crippen molar-refractivity contribution in [3.63, 3.8) is 0 Å². The van der Waals surface area contributed by atoms with Gasteiger partial charge in [0.1, 0.15) is 5.76 Å². The molecule has 2 aromatic rings. The average Bonchev–Trinajstić information content (AvgIpc) is 3.36. The first kappa shape index (κ1) is 18.3. The molecule has 1 aliphatic carbocycles. The van der Waals surface area contributed by atoms with Crippen molar-refractivity contribution < 1.29 is 14.0 Å². The molecule has 2 aromatic heterocycles. The average molecular weight is 374 g/mol. The summed E-state index contributed by atoms with van der Waals surface area (Å²) in [6.45, 7) is 3.91. The Balaban J connectivity index is 1.86. The first-order valence-electron chi connectivity index (χ1n) is 8.73. The van der Waals surface area contributed by atoms with Gasteiger partial charge in [-0.25, -0.2) is 0 Å². The molecule has 0 aliphatic heterocycles. The summed E-state index contributed by atoms with van der Waals surface area (Å²) in [5, 5.41) is 8.49. The topological polar surface area (TPSA) is 88.3 Å². The van der Waals surface area contributed by atoms with Crippen molar-refractivity contribution >= 4 is 23.3 Å². The van der Waals surface area contributed by atoms with Gasteiger partial charge in [0.2, 0.25) is 0 Å². The number of hydrogen-bond acceptors (Lipinski definition) is 6. The SMILES string of the molecule is C=CCN(C(=O)c1csnn1)[C@@H](C(=O)NC1CCCCC1)c1ccco1. The number of carbonyl (C=O) groups is 2. The zero-order valence-corrected chi connectivity index (χ0v) is 15.3. The Morgan fingerprint density at radius 1 is 1.42 bits per heavy atom. The van der Waals surface area contributed by atoms with Crippen LogP contribution in [0.25, 0.3) is 0 Å². The Kier molecular flexibility index (Phi) is 6.17. The van der Waals surface area contributed by atoms with Crippen molar-refractivity contribution in [2.75, 3.05) is 6.54 Å². The zero-order valence-electron chi connectivity index (χ0n) is 14.5. The summed E-state index contributed by atoms with van der Waals surface area (Å²) >= 11 is 1.09. The molecule has 26 heavy (non-hydrogen) atoms. The van der Waals surface area contributed by atoms with Crippen LogP contribution in [0.5, 0.6) is 0 Å². The molecule has 0 aromatic carbocycles. The molecular weight excluding hydrogens is 352 g/mol. The minimum absolute atomic E-state index is 0.135. The van der Waals surface area contributed by atoms with Gasteiger partial charge in [0.15, 0.2) is 11.7 Å². The van der Waals surface area contributed by atoms with Gasteiger partial charge in [0, 0.05) is 18.0 Å². The van der Waals surface area contributed by atoms with E-state index in [1.807, 2.05) is 0 Å². The molecule has 1 saturated carbocycles. The zero-order chi connectivity index (χ0) is 18.4. The van der Waals surface area contributed by atoms with Gasteiger partial charge in [0.25, 0.3) is 11.8 Å². The summed E-state index contributed by atoms with van der Waals surface area (Å²) in [6, 6.07) is 2.67. The van der Waals surface area contributed by atoms with Crippen LogP contribution in [0.1, 0.15) is 54.4 Å². The highest BCUT2D eigenvalue weighted by Crippen LogP contribution is 2.25. The van der Waals surface area contributed by atoms with Gasteiger partial charge in [-0.3, -0.25) is 9.59 Å². The highest BCUT2D eigenvalue weighted by Gasteiger charge is 2.35. The van der Waals surface area contributed by atoms with Crippen molar-refractivity contribution in [1.82, 2.24) is 19.8 Å². The quantitative estimate of drug-likeness (QED) is 0.753. The van der Waals surface area contributed by atoms with Crippen LogP contribution >= 0.6 is 11.5 Å². The summed E-state index contributed by atoms with van der Waals surface area (Å²) in [7, 11) is 0. The number of nitrogens with zero attached hydrogens (tertiary/aromatic N) is 3. The van der Waals surface area contributed by atoms with Gasteiger partial charge in [-0.1, -0.05) is 29.8 Å². The fourth-order valence-electron chi connectivity index (χ4n) is 3.25. The highest BCUT2D eigenvalue weighted by molar-refractivity contribution is 7.03. The molecule has 0 saturated heterocycles. The first-order valence-corrected chi connectivity index (χ1v) is 9.57. The summed E-state index contributed by atoms with van der Waals surface area (Å²) in [6.07, 6.45) is 8.42. The Morgan fingerprint density at radius 3 is 2.85 bits per heavy atom. The third-order valence-electron chi connectivity index (χ3n) is 4.49. The molecule has 7 nitrogen and oxygen atoms in total. The molecule has 8 heteroatoms. The number of rotatable bonds is 7. The van der Waals surface area contributed by atoms with Crippen LogP contribution in [0.2, 0.25) is 0 Å². The monoisotopic (exact) mass is 374 g/mol. The predicted octanol–water partition coefficient (Wildman–Crippen LogP) is 2.95. The van der Waals surface area contributed by atoms with Crippen LogP contribution in [-0.2, 0) is 4.79 Å². The Labute approximate surface area is 156 Å². The maximum Gasteiger partial charge on any atom is 0.276 e. The minimum atomic E-state index is -0.876. The lowest BCUT2D eigenvalue weighted by atomic mass is 9.95. The van der Waals surface area contributed by atoms with Gasteiger partial charge in [0.05, 0.1) is 6.26 Å². The maximum absolute atomic E-state index is 13.1. The van der Waals surface area contributed by atoms with E-state index in [0.29, 0.717) is 5.76 Å². The molecule has 1 aliphatic rings. The van der Waals surface area contributed by atoms with Crippen molar-refractivity contribution in [2.45, 2.75) is 44.2 Å². The number of nitrogens with one attached hydrogen (secondary N) is 1.